The van der Waals surface area contributed by atoms with Gasteiger partial charge in [0.15, 0.2) is 12.0 Å². The molecule has 1 aromatic rings. The Kier molecular flexibility index (Phi) is 9.27. The second-order valence-electron chi connectivity index (χ2n) is 15.2. The van der Waals surface area contributed by atoms with Gasteiger partial charge in [-0.15, -0.1) is 5.06 Å². The summed E-state index contributed by atoms with van der Waals surface area (Å²) in [7, 11) is -0.995. The third-order valence-electron chi connectivity index (χ3n) is 9.03. The van der Waals surface area contributed by atoms with E-state index in [0.29, 0.717) is 11.3 Å². The van der Waals surface area contributed by atoms with Crippen molar-refractivity contribution in [3.05, 3.63) is 82.9 Å². The lowest BCUT2D eigenvalue weighted by Gasteiger charge is -2.43. The highest BCUT2D eigenvalue weighted by molar-refractivity contribution is 6.93. The predicted molar refractivity (Wildman–Crippen MR) is 179 cm³/mol. The van der Waals surface area contributed by atoms with E-state index in [4.69, 9.17) is 14.6 Å². The predicted octanol–water partition coefficient (Wildman–Crippen LogP) is 8.59. The zero-order chi connectivity index (χ0) is 32.8. The summed E-state index contributed by atoms with van der Waals surface area (Å²) in [5.74, 6) is 0.564. The smallest absolute Gasteiger partial charge is 0.194 e. The van der Waals surface area contributed by atoms with Crippen LogP contribution in [0, 0.1) is 11.3 Å². The number of hydrogen-bond acceptors (Lipinski definition) is 7. The molecule has 2 atom stereocenters. The standard InChI is InChI=1S/C36H49N3O4Si/c1-34(2,3)38(40)33(43-41-10)29-26-22-18-14-17-21-25(26)28(32(29)44(11,12)36(7,8)9)30-27(23-37)31(24-19-15-13-16-20-24)42-39(30)35(4,5)6/h13-22,30,33,40H,1-12H3. The summed E-state index contributed by atoms with van der Waals surface area (Å²) in [6.45, 7) is 23.7. The van der Waals surface area contributed by atoms with Gasteiger partial charge in [-0.2, -0.15) is 10.3 Å². The van der Waals surface area contributed by atoms with Crippen LogP contribution in [0.5, 0.6) is 0 Å². The first-order chi connectivity index (χ1) is 20.4. The minimum absolute atomic E-state index is 0.104. The molecular formula is C36H49N3O4Si. The van der Waals surface area contributed by atoms with Crippen molar-refractivity contribution >= 4 is 19.0 Å². The normalized spacial score (nSPS) is 17.7. The molecule has 44 heavy (non-hydrogen) atoms. The Balaban J connectivity index is 2.25. The maximum Gasteiger partial charge on any atom is 0.194 e. The van der Waals surface area contributed by atoms with Gasteiger partial charge in [-0.3, -0.25) is 0 Å². The molecular weight excluding hydrogens is 566 g/mol. The Morgan fingerprint density at radius 3 is 1.93 bits per heavy atom. The molecule has 0 radical (unpaired) electrons. The topological polar surface area (TPSA) is 78.2 Å². The van der Waals surface area contributed by atoms with Crippen molar-refractivity contribution in [2.45, 2.75) is 104 Å². The largest absolute Gasteiger partial charge is 0.403 e. The van der Waals surface area contributed by atoms with E-state index in [9.17, 15) is 10.5 Å². The molecule has 0 spiro atoms. The average molecular weight is 616 g/mol. The summed E-state index contributed by atoms with van der Waals surface area (Å²) < 4.78 is 0. The van der Waals surface area contributed by atoms with E-state index in [0.717, 1.165) is 33.0 Å². The fraction of sp³-hybridized carbons (Fsp3) is 0.472. The van der Waals surface area contributed by atoms with Gasteiger partial charge >= 0.3 is 0 Å². The van der Waals surface area contributed by atoms with Gasteiger partial charge in [-0.1, -0.05) is 94.5 Å². The highest BCUT2D eigenvalue weighted by Gasteiger charge is 2.52. The first kappa shape index (κ1) is 33.9. The third-order valence-corrected chi connectivity index (χ3v) is 14.6. The van der Waals surface area contributed by atoms with Crippen LogP contribution in [0.3, 0.4) is 0 Å². The summed E-state index contributed by atoms with van der Waals surface area (Å²) in [4.78, 5) is 18.1. The lowest BCUT2D eigenvalue weighted by atomic mass is 9.93. The number of hydrogen-bond donors (Lipinski definition) is 1. The highest BCUT2D eigenvalue weighted by Crippen LogP contribution is 2.52. The number of benzene rings is 1. The first-order valence-electron chi connectivity index (χ1n) is 15.3. The molecule has 4 rings (SSSR count). The van der Waals surface area contributed by atoms with Crippen LogP contribution in [0.25, 0.3) is 16.9 Å². The Morgan fingerprint density at radius 2 is 1.45 bits per heavy atom. The van der Waals surface area contributed by atoms with Crippen LogP contribution in [-0.2, 0) is 14.6 Å². The molecule has 0 aromatic heterocycles. The zero-order valence-electron chi connectivity index (χ0n) is 28.4. The van der Waals surface area contributed by atoms with Gasteiger partial charge in [0.1, 0.15) is 12.1 Å². The molecule has 0 saturated carbocycles. The van der Waals surface area contributed by atoms with E-state index in [2.05, 4.69) is 72.8 Å². The Morgan fingerprint density at radius 1 is 0.909 bits per heavy atom. The number of hydroxylamine groups is 4. The summed E-state index contributed by atoms with van der Waals surface area (Å²) >= 11 is 0. The maximum absolute atomic E-state index is 11.7. The summed E-state index contributed by atoms with van der Waals surface area (Å²) in [6.07, 6.45) is -0.934. The van der Waals surface area contributed by atoms with E-state index in [1.165, 1.54) is 12.2 Å². The fourth-order valence-corrected chi connectivity index (χ4v) is 8.44. The summed E-state index contributed by atoms with van der Waals surface area (Å²) in [5, 5.41) is 26.9. The van der Waals surface area contributed by atoms with Gasteiger partial charge in [0.25, 0.3) is 0 Å². The molecule has 1 aromatic carbocycles. The minimum atomic E-state index is -2.46. The maximum atomic E-state index is 11.7. The van der Waals surface area contributed by atoms with Gasteiger partial charge in [-0.05, 0) is 68.5 Å². The molecule has 0 saturated heterocycles. The second kappa shape index (κ2) is 12.0. The number of nitrogens with zero attached hydrogens (tertiary/aromatic N) is 3. The Bertz CT molecular complexity index is 1520. The van der Waals surface area contributed by atoms with Gasteiger partial charge < -0.3 is 10.0 Å². The summed E-state index contributed by atoms with van der Waals surface area (Å²) in [6, 6.07) is 22.1. The van der Waals surface area contributed by atoms with Crippen molar-refractivity contribution in [1.82, 2.24) is 10.1 Å². The molecule has 7 nitrogen and oxygen atoms in total. The van der Waals surface area contributed by atoms with Gasteiger partial charge in [0, 0.05) is 22.2 Å². The van der Waals surface area contributed by atoms with Crippen LogP contribution in [0.2, 0.25) is 18.1 Å². The fourth-order valence-electron chi connectivity index (χ4n) is 5.81. The average Bonchev–Trinajstić information content (AvgIpc) is 3.36. The SMILES string of the molecule is COOC(c1c2cccccc-2c(C2C(C#N)=C(c3ccccc3)ON2C(C)(C)C)c1[Si](C)(C)C(C)(C)C)N(O)C(C)(C)C. The van der Waals surface area contributed by atoms with E-state index >= 15 is 0 Å². The molecule has 2 aliphatic carbocycles. The Hall–Kier alpha value is -3.03. The monoisotopic (exact) mass is 615 g/mol. The molecule has 0 bridgehead atoms. The first-order valence-corrected chi connectivity index (χ1v) is 18.3. The molecule has 0 amide bonds. The van der Waals surface area contributed by atoms with Crippen molar-refractivity contribution in [2.24, 2.45) is 0 Å². The Labute approximate surface area is 264 Å². The molecule has 3 aliphatic rings. The van der Waals surface area contributed by atoms with Crippen molar-refractivity contribution in [3.63, 3.8) is 0 Å². The molecule has 0 fully saturated rings. The van der Waals surface area contributed by atoms with Crippen molar-refractivity contribution in [1.29, 1.82) is 5.26 Å². The summed E-state index contributed by atoms with van der Waals surface area (Å²) in [5.41, 5.74) is 4.07. The number of nitriles is 1. The molecule has 8 heteroatoms. The number of rotatable bonds is 7. The quantitative estimate of drug-likeness (QED) is 0.123. The van der Waals surface area contributed by atoms with Crippen molar-refractivity contribution in [2.75, 3.05) is 7.11 Å². The van der Waals surface area contributed by atoms with Crippen molar-refractivity contribution in [3.8, 4) is 17.2 Å². The van der Waals surface area contributed by atoms with Gasteiger partial charge in [0.2, 0.25) is 0 Å². The number of fused-ring (bicyclic) bond motifs is 1. The second-order valence-corrected chi connectivity index (χ2v) is 20.4. The van der Waals surface area contributed by atoms with Crippen LogP contribution in [0.15, 0.2) is 66.2 Å². The highest BCUT2D eigenvalue weighted by atomic mass is 28.3. The van der Waals surface area contributed by atoms with Gasteiger partial charge in [0.05, 0.1) is 20.8 Å². The van der Waals surface area contributed by atoms with Crippen LogP contribution in [-0.4, -0.2) is 41.6 Å². The van der Waals surface area contributed by atoms with Crippen molar-refractivity contribution < 1.29 is 19.8 Å². The van der Waals surface area contributed by atoms with Gasteiger partial charge in [-0.25, -0.2) is 9.78 Å². The van der Waals surface area contributed by atoms with Crippen LogP contribution < -0.4 is 5.19 Å². The molecule has 1 aliphatic heterocycles. The minimum Gasteiger partial charge on any atom is -0.403 e. The molecule has 2 unspecified atom stereocenters. The lowest BCUT2D eigenvalue weighted by molar-refractivity contribution is -0.392. The molecule has 1 N–H and O–H groups in total. The van der Waals surface area contributed by atoms with E-state index in [1.54, 1.807) is 0 Å². The zero-order valence-corrected chi connectivity index (χ0v) is 29.4. The van der Waals surface area contributed by atoms with Crippen LogP contribution in [0.1, 0.15) is 91.3 Å². The van der Waals surface area contributed by atoms with E-state index < -0.39 is 31.4 Å². The van der Waals surface area contributed by atoms with Crippen LogP contribution in [0.4, 0.5) is 0 Å². The lowest BCUT2D eigenvalue weighted by Crippen LogP contribution is -2.55. The molecule has 236 valence electrons. The van der Waals surface area contributed by atoms with E-state index in [1.807, 2.05) is 74.4 Å². The molecule has 1 heterocycles. The van der Waals surface area contributed by atoms with Crippen LogP contribution >= 0.6 is 0 Å². The van der Waals surface area contributed by atoms with E-state index in [-0.39, 0.29) is 5.04 Å². The third kappa shape index (κ3) is 5.97.